The lowest BCUT2D eigenvalue weighted by Crippen LogP contribution is -2.48. The fourth-order valence-electron chi connectivity index (χ4n) is 3.66. The molecule has 0 saturated heterocycles. The van der Waals surface area contributed by atoms with E-state index in [-0.39, 0.29) is 11.4 Å². The van der Waals surface area contributed by atoms with Crippen molar-refractivity contribution in [3.8, 4) is 11.5 Å². The normalized spacial score (nSPS) is 15.5. The van der Waals surface area contributed by atoms with Crippen LogP contribution in [0.25, 0.3) is 0 Å². The number of carbonyl (C=O) groups excluding carboxylic acids is 1. The monoisotopic (exact) mass is 452 g/mol. The Morgan fingerprint density at radius 2 is 1.66 bits per heavy atom. The number of sulfonamides is 1. The summed E-state index contributed by atoms with van der Waals surface area (Å²) in [6.07, 6.45) is -1.02. The minimum Gasteiger partial charge on any atom is -0.497 e. The summed E-state index contributed by atoms with van der Waals surface area (Å²) in [6.45, 7) is 3.66. The van der Waals surface area contributed by atoms with Crippen molar-refractivity contribution in [1.29, 1.82) is 0 Å². The maximum atomic E-state index is 13.5. The maximum absolute atomic E-state index is 13.5. The highest BCUT2D eigenvalue weighted by Crippen LogP contribution is 2.37. The fraction of sp³-hybridized carbons (Fsp3) is 0.208. The lowest BCUT2D eigenvalue weighted by atomic mass is 10.1. The van der Waals surface area contributed by atoms with E-state index in [1.807, 2.05) is 32.0 Å². The van der Waals surface area contributed by atoms with Gasteiger partial charge in [0, 0.05) is 5.69 Å². The van der Waals surface area contributed by atoms with Crippen molar-refractivity contribution in [2.75, 3.05) is 23.3 Å². The van der Waals surface area contributed by atoms with Gasteiger partial charge < -0.3 is 14.8 Å². The number of nitrogens with zero attached hydrogens (tertiary/aromatic N) is 1. The van der Waals surface area contributed by atoms with Gasteiger partial charge in [-0.25, -0.2) is 8.42 Å². The first-order valence-electron chi connectivity index (χ1n) is 10.1. The number of hydrogen-bond acceptors (Lipinski definition) is 5. The second-order valence-corrected chi connectivity index (χ2v) is 9.40. The van der Waals surface area contributed by atoms with Crippen LogP contribution in [0.3, 0.4) is 0 Å². The number of fused-ring (bicyclic) bond motifs is 1. The summed E-state index contributed by atoms with van der Waals surface area (Å²) in [5.74, 6) is 0.474. The molecule has 8 heteroatoms. The number of carbonyl (C=O) groups is 1. The summed E-state index contributed by atoms with van der Waals surface area (Å²) in [5.41, 5.74) is 2.92. The van der Waals surface area contributed by atoms with Gasteiger partial charge >= 0.3 is 0 Å². The molecule has 1 aliphatic rings. The molecule has 0 spiro atoms. The van der Waals surface area contributed by atoms with Crippen LogP contribution in [0.2, 0.25) is 0 Å². The predicted molar refractivity (Wildman–Crippen MR) is 123 cm³/mol. The Morgan fingerprint density at radius 3 is 2.31 bits per heavy atom. The van der Waals surface area contributed by atoms with Gasteiger partial charge in [0.05, 0.1) is 24.2 Å². The van der Waals surface area contributed by atoms with Crippen molar-refractivity contribution in [3.05, 3.63) is 77.9 Å². The molecule has 7 nitrogen and oxygen atoms in total. The highest BCUT2D eigenvalue weighted by atomic mass is 32.2. The van der Waals surface area contributed by atoms with Crippen molar-refractivity contribution in [2.45, 2.75) is 24.8 Å². The van der Waals surface area contributed by atoms with Gasteiger partial charge in [0.25, 0.3) is 15.9 Å². The molecule has 0 aromatic heterocycles. The topological polar surface area (TPSA) is 84.9 Å². The molecule has 1 atom stereocenters. The first-order chi connectivity index (χ1) is 15.3. The molecule has 1 N–H and O–H groups in total. The number of benzene rings is 3. The molecule has 166 valence electrons. The lowest BCUT2D eigenvalue weighted by molar-refractivity contribution is -0.122. The number of hydrogen-bond donors (Lipinski definition) is 1. The van der Waals surface area contributed by atoms with Crippen LogP contribution in [-0.4, -0.2) is 34.1 Å². The number of rotatable bonds is 5. The fourth-order valence-corrected chi connectivity index (χ4v) is 5.13. The van der Waals surface area contributed by atoms with Crippen LogP contribution in [-0.2, 0) is 14.8 Å². The molecule has 1 heterocycles. The highest BCUT2D eigenvalue weighted by Gasteiger charge is 2.37. The van der Waals surface area contributed by atoms with E-state index in [1.165, 1.54) is 23.5 Å². The third kappa shape index (κ3) is 4.01. The molecule has 3 aromatic carbocycles. The molecular formula is C24H24N2O5S. The van der Waals surface area contributed by atoms with Gasteiger partial charge in [-0.2, -0.15) is 0 Å². The van der Waals surface area contributed by atoms with E-state index in [0.717, 1.165) is 11.1 Å². The quantitative estimate of drug-likeness (QED) is 0.635. The number of para-hydroxylation sites is 3. The Kier molecular flexibility index (Phi) is 5.80. The van der Waals surface area contributed by atoms with E-state index in [0.29, 0.717) is 22.9 Å². The predicted octanol–water partition coefficient (Wildman–Crippen LogP) is 3.91. The number of anilines is 2. The molecule has 3 aromatic rings. The van der Waals surface area contributed by atoms with Crippen LogP contribution < -0.4 is 19.1 Å². The Hall–Kier alpha value is -3.52. The standard InChI is InChI=1S/C24H24N2O5S/c1-16-7-6-8-17(2)23(16)25-24(27)22-15-26(20-9-4-5-10-21(20)31-22)32(28,29)19-13-11-18(30-3)12-14-19/h4-14,22H,15H2,1-3H3,(H,25,27). The summed E-state index contributed by atoms with van der Waals surface area (Å²) in [6, 6.07) is 18.7. The number of amides is 1. The van der Waals surface area contributed by atoms with Crippen LogP contribution in [0, 0.1) is 13.8 Å². The van der Waals surface area contributed by atoms with Gasteiger partial charge in [-0.1, -0.05) is 30.3 Å². The van der Waals surface area contributed by atoms with E-state index in [2.05, 4.69) is 5.32 Å². The molecular weight excluding hydrogens is 428 g/mol. The highest BCUT2D eigenvalue weighted by molar-refractivity contribution is 7.92. The summed E-state index contributed by atoms with van der Waals surface area (Å²) in [4.78, 5) is 13.2. The Labute approximate surface area is 187 Å². The van der Waals surface area contributed by atoms with E-state index in [1.54, 1.807) is 36.4 Å². The Morgan fingerprint density at radius 1 is 1.00 bits per heavy atom. The zero-order valence-electron chi connectivity index (χ0n) is 18.0. The number of nitrogens with one attached hydrogen (secondary N) is 1. The van der Waals surface area contributed by atoms with E-state index in [9.17, 15) is 13.2 Å². The molecule has 0 fully saturated rings. The Bertz CT molecular complexity index is 1240. The molecule has 32 heavy (non-hydrogen) atoms. The minimum atomic E-state index is -3.94. The second kappa shape index (κ2) is 8.55. The van der Waals surface area contributed by atoms with E-state index in [4.69, 9.17) is 9.47 Å². The van der Waals surface area contributed by atoms with Gasteiger partial charge in [0.1, 0.15) is 11.5 Å². The van der Waals surface area contributed by atoms with Gasteiger partial charge in [-0.3, -0.25) is 9.10 Å². The first-order valence-corrected chi connectivity index (χ1v) is 11.5. The minimum absolute atomic E-state index is 0.101. The average Bonchev–Trinajstić information content (AvgIpc) is 2.80. The lowest BCUT2D eigenvalue weighted by Gasteiger charge is -2.34. The zero-order chi connectivity index (χ0) is 22.9. The molecule has 4 rings (SSSR count). The van der Waals surface area contributed by atoms with Crippen LogP contribution in [0.15, 0.2) is 71.6 Å². The number of ether oxygens (including phenoxy) is 2. The number of methoxy groups -OCH3 is 1. The number of aryl methyl sites for hydroxylation is 2. The molecule has 1 unspecified atom stereocenters. The van der Waals surface area contributed by atoms with Crippen molar-refractivity contribution in [2.24, 2.45) is 0 Å². The van der Waals surface area contributed by atoms with E-state index >= 15 is 0 Å². The SMILES string of the molecule is COc1ccc(S(=O)(=O)N2CC(C(=O)Nc3c(C)cccc3C)Oc3ccccc32)cc1. The Balaban J connectivity index is 1.68. The molecule has 1 amide bonds. The van der Waals surface area contributed by atoms with Crippen molar-refractivity contribution in [3.63, 3.8) is 0 Å². The maximum Gasteiger partial charge on any atom is 0.267 e. The van der Waals surface area contributed by atoms with Crippen LogP contribution >= 0.6 is 0 Å². The second-order valence-electron chi connectivity index (χ2n) is 7.54. The summed E-state index contributed by atoms with van der Waals surface area (Å²) in [7, 11) is -2.42. The zero-order valence-corrected chi connectivity index (χ0v) is 18.8. The van der Waals surface area contributed by atoms with Crippen LogP contribution in [0.4, 0.5) is 11.4 Å². The van der Waals surface area contributed by atoms with Gasteiger partial charge in [0.15, 0.2) is 6.10 Å². The molecule has 0 bridgehead atoms. The molecule has 0 radical (unpaired) electrons. The molecule has 0 saturated carbocycles. The average molecular weight is 453 g/mol. The van der Waals surface area contributed by atoms with Crippen molar-refractivity contribution in [1.82, 2.24) is 0 Å². The van der Waals surface area contributed by atoms with Crippen LogP contribution in [0.1, 0.15) is 11.1 Å². The van der Waals surface area contributed by atoms with Crippen molar-refractivity contribution >= 4 is 27.3 Å². The van der Waals surface area contributed by atoms with Crippen molar-refractivity contribution < 1.29 is 22.7 Å². The first kappa shape index (κ1) is 21.7. The summed E-state index contributed by atoms with van der Waals surface area (Å²) in [5, 5.41) is 2.90. The smallest absolute Gasteiger partial charge is 0.267 e. The third-order valence-electron chi connectivity index (χ3n) is 5.40. The van der Waals surface area contributed by atoms with Gasteiger partial charge in [-0.15, -0.1) is 0 Å². The summed E-state index contributed by atoms with van der Waals surface area (Å²) >= 11 is 0. The largest absolute Gasteiger partial charge is 0.497 e. The van der Waals surface area contributed by atoms with E-state index < -0.39 is 22.0 Å². The summed E-state index contributed by atoms with van der Waals surface area (Å²) < 4.78 is 39.2. The van der Waals surface area contributed by atoms with Gasteiger partial charge in [0.2, 0.25) is 0 Å². The van der Waals surface area contributed by atoms with Gasteiger partial charge in [-0.05, 0) is 61.4 Å². The molecule has 0 aliphatic carbocycles. The molecule has 1 aliphatic heterocycles. The third-order valence-corrected chi connectivity index (χ3v) is 7.20. The van der Waals surface area contributed by atoms with Crippen LogP contribution in [0.5, 0.6) is 11.5 Å².